The summed E-state index contributed by atoms with van der Waals surface area (Å²) in [4.78, 5) is 13.7. The lowest BCUT2D eigenvalue weighted by Gasteiger charge is -2.00. The van der Waals surface area contributed by atoms with E-state index in [1.807, 2.05) is 0 Å². The molecule has 0 aliphatic rings. The smallest absolute Gasteiger partial charge is 0.270 e. The zero-order chi connectivity index (χ0) is 15.0. The third-order valence-corrected chi connectivity index (χ3v) is 3.99. The van der Waals surface area contributed by atoms with Crippen LogP contribution in [0.4, 0.5) is 5.69 Å². The minimum Gasteiger partial charge on any atom is -0.361 e. The van der Waals surface area contributed by atoms with E-state index >= 15 is 0 Å². The molecule has 3 aromatic rings. The van der Waals surface area contributed by atoms with Crippen LogP contribution >= 0.6 is 0 Å². The number of aromatic nitrogens is 1. The highest BCUT2D eigenvalue weighted by Gasteiger charge is 2.11. The van der Waals surface area contributed by atoms with Gasteiger partial charge in [0.15, 0.2) is 10.7 Å². The first kappa shape index (κ1) is 13.3. The molecule has 1 aromatic heterocycles. The number of hydrogen-bond donors (Lipinski definition) is 2. The van der Waals surface area contributed by atoms with Crippen LogP contribution in [0.25, 0.3) is 22.0 Å². The maximum absolute atomic E-state index is 10.9. The molecule has 0 amide bonds. The highest BCUT2D eigenvalue weighted by atomic mass is 32.2. The molecular weight excluding hydrogens is 292 g/mol. The first-order valence-corrected chi connectivity index (χ1v) is 7.24. The molecule has 0 atom stereocenters. The van der Waals surface area contributed by atoms with Gasteiger partial charge in [-0.15, -0.1) is 0 Å². The second-order valence-corrected chi connectivity index (χ2v) is 5.52. The van der Waals surface area contributed by atoms with Crippen molar-refractivity contribution < 1.29 is 13.3 Å². The van der Waals surface area contributed by atoms with Gasteiger partial charge in [0.25, 0.3) is 5.69 Å². The number of fused-ring (bicyclic) bond motifs is 1. The average molecular weight is 302 g/mol. The summed E-state index contributed by atoms with van der Waals surface area (Å²) in [6.45, 7) is 0. The van der Waals surface area contributed by atoms with Crippen LogP contribution in [0.3, 0.4) is 0 Å². The van der Waals surface area contributed by atoms with Gasteiger partial charge in [-0.2, -0.15) is 0 Å². The minimum atomic E-state index is -2.61. The predicted molar refractivity (Wildman–Crippen MR) is 79.0 cm³/mol. The van der Waals surface area contributed by atoms with Crippen molar-refractivity contribution in [2.45, 2.75) is 4.90 Å². The van der Waals surface area contributed by atoms with Crippen LogP contribution in [0.2, 0.25) is 0 Å². The lowest BCUT2D eigenvalue weighted by Crippen LogP contribution is -1.87. The summed E-state index contributed by atoms with van der Waals surface area (Å²) < 4.78 is 21.8. The van der Waals surface area contributed by atoms with Crippen molar-refractivity contribution in [1.29, 1.82) is 0 Å². The molecule has 7 heteroatoms. The number of thiol groups is 1. The summed E-state index contributed by atoms with van der Waals surface area (Å²) >= 11 is 0. The third-order valence-electron chi connectivity index (χ3n) is 3.27. The molecule has 1 heterocycles. The van der Waals surface area contributed by atoms with E-state index in [0.717, 1.165) is 22.0 Å². The largest absolute Gasteiger partial charge is 0.361 e. The van der Waals surface area contributed by atoms with Gasteiger partial charge in [0, 0.05) is 34.8 Å². The van der Waals surface area contributed by atoms with Crippen LogP contribution in [0.15, 0.2) is 53.6 Å². The molecule has 0 radical (unpaired) electrons. The summed E-state index contributed by atoms with van der Waals surface area (Å²) in [5.41, 5.74) is 2.39. The molecule has 0 spiro atoms. The number of hydrogen-bond acceptors (Lipinski definition) is 4. The van der Waals surface area contributed by atoms with Gasteiger partial charge in [0.1, 0.15) is 0 Å². The number of nitro groups is 1. The van der Waals surface area contributed by atoms with Gasteiger partial charge in [-0.1, -0.05) is 12.1 Å². The SMILES string of the molecule is O=[N+]([O-])c1ccc2[nH]cc(-c3ccc([SH](=O)=O)cc3)c2c1. The van der Waals surface area contributed by atoms with Crippen LogP contribution in [0.1, 0.15) is 0 Å². The van der Waals surface area contributed by atoms with Crippen LogP contribution in [-0.2, 0) is 10.7 Å². The number of H-pyrrole nitrogens is 1. The highest BCUT2D eigenvalue weighted by molar-refractivity contribution is 7.72. The lowest BCUT2D eigenvalue weighted by atomic mass is 10.0. The fraction of sp³-hybridized carbons (Fsp3) is 0. The van der Waals surface area contributed by atoms with E-state index in [1.54, 1.807) is 24.4 Å². The minimum absolute atomic E-state index is 0.0163. The molecule has 0 aliphatic carbocycles. The maximum atomic E-state index is 10.9. The molecule has 21 heavy (non-hydrogen) atoms. The van der Waals surface area contributed by atoms with E-state index < -0.39 is 15.6 Å². The predicted octanol–water partition coefficient (Wildman–Crippen LogP) is 2.71. The first-order valence-electron chi connectivity index (χ1n) is 6.06. The van der Waals surface area contributed by atoms with Gasteiger partial charge in [0.05, 0.1) is 9.82 Å². The van der Waals surface area contributed by atoms with Gasteiger partial charge < -0.3 is 4.98 Å². The summed E-state index contributed by atoms with van der Waals surface area (Å²) in [7, 11) is -2.61. The maximum Gasteiger partial charge on any atom is 0.270 e. The fourth-order valence-electron chi connectivity index (χ4n) is 2.22. The third kappa shape index (κ3) is 2.38. The van der Waals surface area contributed by atoms with Crippen molar-refractivity contribution in [2.75, 3.05) is 0 Å². The number of nitro benzene ring substituents is 1. The topological polar surface area (TPSA) is 93.1 Å². The molecule has 3 rings (SSSR count). The molecule has 1 N–H and O–H groups in total. The normalized spacial score (nSPS) is 11.1. The lowest BCUT2D eigenvalue weighted by molar-refractivity contribution is -0.384. The van der Waals surface area contributed by atoms with Crippen molar-refractivity contribution >= 4 is 27.3 Å². The molecule has 0 aliphatic heterocycles. The van der Waals surface area contributed by atoms with Crippen LogP contribution < -0.4 is 0 Å². The number of non-ortho nitro benzene ring substituents is 1. The number of benzene rings is 2. The van der Waals surface area contributed by atoms with Crippen molar-refractivity contribution in [2.24, 2.45) is 0 Å². The fourth-order valence-corrected chi connectivity index (χ4v) is 2.62. The van der Waals surface area contributed by atoms with E-state index in [9.17, 15) is 18.5 Å². The summed E-state index contributed by atoms with van der Waals surface area (Å²) in [6, 6.07) is 11.0. The Morgan fingerprint density at radius 3 is 2.38 bits per heavy atom. The van der Waals surface area contributed by atoms with Gasteiger partial charge in [-0.25, -0.2) is 8.42 Å². The van der Waals surface area contributed by atoms with Gasteiger partial charge in [-0.05, 0) is 23.8 Å². The van der Waals surface area contributed by atoms with Crippen LogP contribution in [-0.4, -0.2) is 18.3 Å². The molecular formula is C14H10N2O4S. The monoisotopic (exact) mass is 302 g/mol. The molecule has 0 saturated heterocycles. The summed E-state index contributed by atoms with van der Waals surface area (Å²) in [5, 5.41) is 11.6. The Hall–Kier alpha value is -2.67. The van der Waals surface area contributed by atoms with Crippen molar-refractivity contribution in [3.05, 3.63) is 58.8 Å². The molecule has 0 fully saturated rings. The quantitative estimate of drug-likeness (QED) is 0.442. The number of rotatable bonds is 3. The standard InChI is InChI=1S/C14H10N2O4S/c17-16(18)10-3-6-14-12(7-10)13(8-15-14)9-1-4-11(5-2-9)21(19)20/h1-8,15,21H. The average Bonchev–Trinajstić information content (AvgIpc) is 2.90. The molecule has 0 unspecified atom stereocenters. The van der Waals surface area contributed by atoms with Crippen LogP contribution in [0.5, 0.6) is 0 Å². The Labute approximate surface area is 121 Å². The molecule has 0 bridgehead atoms. The number of nitrogens with one attached hydrogen (secondary N) is 1. The summed E-state index contributed by atoms with van der Waals surface area (Å²) in [5.74, 6) is 0. The number of aromatic amines is 1. The molecule has 0 saturated carbocycles. The van der Waals surface area contributed by atoms with Gasteiger partial charge in [0.2, 0.25) is 0 Å². The van der Waals surface area contributed by atoms with Crippen molar-refractivity contribution in [1.82, 2.24) is 4.98 Å². The Morgan fingerprint density at radius 2 is 1.76 bits per heavy atom. The Kier molecular flexibility index (Phi) is 3.19. The molecule has 2 aromatic carbocycles. The van der Waals surface area contributed by atoms with Gasteiger partial charge in [-0.3, -0.25) is 10.1 Å². The Morgan fingerprint density at radius 1 is 1.05 bits per heavy atom. The van der Waals surface area contributed by atoms with Crippen molar-refractivity contribution in [3.8, 4) is 11.1 Å². The summed E-state index contributed by atoms with van der Waals surface area (Å²) in [6.07, 6.45) is 1.75. The second kappa shape index (κ2) is 5.02. The van der Waals surface area contributed by atoms with E-state index in [4.69, 9.17) is 0 Å². The number of nitrogens with zero attached hydrogens (tertiary/aromatic N) is 1. The molecule has 106 valence electrons. The Balaban J connectivity index is 2.15. The van der Waals surface area contributed by atoms with Crippen molar-refractivity contribution in [3.63, 3.8) is 0 Å². The van der Waals surface area contributed by atoms with E-state index in [-0.39, 0.29) is 10.6 Å². The van der Waals surface area contributed by atoms with Gasteiger partial charge >= 0.3 is 0 Å². The van der Waals surface area contributed by atoms with E-state index in [2.05, 4.69) is 4.98 Å². The first-order chi connectivity index (χ1) is 10.1. The molecule has 6 nitrogen and oxygen atoms in total. The van der Waals surface area contributed by atoms with Crippen LogP contribution in [0, 0.1) is 10.1 Å². The second-order valence-electron chi connectivity index (χ2n) is 4.49. The van der Waals surface area contributed by atoms with E-state index in [0.29, 0.717) is 0 Å². The van der Waals surface area contributed by atoms with E-state index in [1.165, 1.54) is 24.3 Å². The zero-order valence-electron chi connectivity index (χ0n) is 10.6. The highest BCUT2D eigenvalue weighted by Crippen LogP contribution is 2.31. The Bertz CT molecular complexity index is 902. The zero-order valence-corrected chi connectivity index (χ0v) is 11.5.